The number of anilines is 1. The Hall–Kier alpha value is -2.54. The minimum atomic E-state index is -1.20. The van der Waals surface area contributed by atoms with Gasteiger partial charge < -0.3 is 14.8 Å². The van der Waals surface area contributed by atoms with Crippen LogP contribution in [0.4, 0.5) is 11.4 Å². The molecule has 3 aliphatic rings. The molecular weight excluding hydrogens is 582 g/mol. The van der Waals surface area contributed by atoms with Gasteiger partial charge in [-0.25, -0.2) is 4.79 Å². The number of hydrogen-bond acceptors (Lipinski definition) is 8. The molecule has 0 aromatic heterocycles. The fraction of sp³-hybridized carbons (Fsp3) is 0.524. The minimum Gasteiger partial charge on any atom is -0.497 e. The van der Waals surface area contributed by atoms with Gasteiger partial charge in [-0.2, -0.15) is 0 Å². The van der Waals surface area contributed by atoms with Crippen LogP contribution in [0, 0.1) is 33.8 Å². The molecule has 7 atom stereocenters. The van der Waals surface area contributed by atoms with E-state index in [0.717, 1.165) is 11.3 Å². The molecule has 11 nitrogen and oxygen atoms in total. The van der Waals surface area contributed by atoms with E-state index in [1.54, 1.807) is 0 Å². The first kappa shape index (κ1) is 24.6. The standard InChI is InChI=1S/C21H21Br2N3O8/c1-8(25-19(28)15-10-6-11(16(15)20(25)29)18(23)17(10)22)21(30)34-7-14(27)24-12-5-9(33-2)3-4-13(12)26(31)32/h3-5,8,10-11,15-18H,6-7H2,1-2H3,(H,24,27)/t8-,10+,11+,15+,16+,17-,18+/m0/s1. The van der Waals surface area contributed by atoms with Gasteiger partial charge in [0.1, 0.15) is 17.5 Å². The molecule has 1 heterocycles. The molecule has 4 rings (SSSR count). The molecule has 1 N–H and O–H groups in total. The number of methoxy groups -OCH3 is 1. The molecule has 0 radical (unpaired) electrons. The van der Waals surface area contributed by atoms with E-state index in [0.29, 0.717) is 0 Å². The fourth-order valence-electron chi connectivity index (χ4n) is 5.20. The Bertz CT molecular complexity index is 1050. The molecule has 1 aliphatic heterocycles. The fourth-order valence-corrected chi connectivity index (χ4v) is 7.08. The lowest BCUT2D eigenvalue weighted by atomic mass is 9.81. The number of carbonyl (C=O) groups excluding carboxylic acids is 4. The average Bonchev–Trinajstić information content (AvgIpc) is 3.41. The van der Waals surface area contributed by atoms with Crippen molar-refractivity contribution in [1.29, 1.82) is 0 Å². The van der Waals surface area contributed by atoms with Crippen molar-refractivity contribution in [2.24, 2.45) is 23.7 Å². The molecule has 2 aliphatic carbocycles. The number of imide groups is 1. The van der Waals surface area contributed by atoms with Gasteiger partial charge in [-0.05, 0) is 31.2 Å². The number of nitrogens with zero attached hydrogens (tertiary/aromatic N) is 2. The normalized spacial score (nSPS) is 30.2. The van der Waals surface area contributed by atoms with E-state index in [2.05, 4.69) is 37.2 Å². The summed E-state index contributed by atoms with van der Waals surface area (Å²) in [6.07, 6.45) is 0.766. The Morgan fingerprint density at radius 3 is 2.32 bits per heavy atom. The minimum absolute atomic E-state index is 0.00785. The first-order chi connectivity index (χ1) is 16.1. The topological polar surface area (TPSA) is 145 Å². The van der Waals surface area contributed by atoms with Crippen molar-refractivity contribution >= 4 is 66.9 Å². The predicted molar refractivity (Wildman–Crippen MR) is 125 cm³/mol. The van der Waals surface area contributed by atoms with E-state index in [1.807, 2.05) is 0 Å². The van der Waals surface area contributed by atoms with Gasteiger partial charge in [-0.15, -0.1) is 0 Å². The molecule has 3 amide bonds. The number of amides is 3. The molecule has 2 bridgehead atoms. The number of nitro benzene ring substituents is 1. The van der Waals surface area contributed by atoms with Gasteiger partial charge in [0.25, 0.3) is 11.6 Å². The smallest absolute Gasteiger partial charge is 0.329 e. The molecule has 182 valence electrons. The summed E-state index contributed by atoms with van der Waals surface area (Å²) in [6, 6.07) is 2.61. The Kier molecular flexibility index (Phi) is 6.69. The van der Waals surface area contributed by atoms with Crippen molar-refractivity contribution in [3.05, 3.63) is 28.3 Å². The van der Waals surface area contributed by atoms with Gasteiger partial charge in [0.2, 0.25) is 11.8 Å². The zero-order chi connectivity index (χ0) is 24.9. The van der Waals surface area contributed by atoms with Crippen molar-refractivity contribution in [2.75, 3.05) is 19.0 Å². The molecular formula is C21H21Br2N3O8. The highest BCUT2D eigenvalue weighted by atomic mass is 79.9. The van der Waals surface area contributed by atoms with Crippen LogP contribution in [0.15, 0.2) is 18.2 Å². The SMILES string of the molecule is COc1ccc([N+](=O)[O-])c(NC(=O)COC(=O)[C@H](C)N2C(=O)[C@@H]3[C@H]4C[C@@H]([C@@H](Br)[C@H]4Br)[C@H]3C2=O)c1. The molecule has 13 heteroatoms. The summed E-state index contributed by atoms with van der Waals surface area (Å²) < 4.78 is 10.0. The number of nitrogens with one attached hydrogen (secondary N) is 1. The summed E-state index contributed by atoms with van der Waals surface area (Å²) in [4.78, 5) is 62.5. The van der Waals surface area contributed by atoms with Gasteiger partial charge in [0.15, 0.2) is 6.61 Å². The molecule has 1 aromatic carbocycles. The van der Waals surface area contributed by atoms with Crippen LogP contribution in [0.1, 0.15) is 13.3 Å². The maximum Gasteiger partial charge on any atom is 0.329 e. The van der Waals surface area contributed by atoms with Crippen molar-refractivity contribution < 1.29 is 33.6 Å². The van der Waals surface area contributed by atoms with Crippen LogP contribution < -0.4 is 10.1 Å². The summed E-state index contributed by atoms with van der Waals surface area (Å²) in [5.74, 6) is -3.18. The Labute approximate surface area is 210 Å². The molecule has 1 saturated heterocycles. The van der Waals surface area contributed by atoms with Gasteiger partial charge in [-0.1, -0.05) is 31.9 Å². The second-order valence-corrected chi connectivity index (χ2v) is 10.6. The maximum atomic E-state index is 13.0. The lowest BCUT2D eigenvalue weighted by Gasteiger charge is -2.28. The average molecular weight is 603 g/mol. The van der Waals surface area contributed by atoms with E-state index >= 15 is 0 Å². The quantitative estimate of drug-likeness (QED) is 0.164. The van der Waals surface area contributed by atoms with E-state index < -0.39 is 53.1 Å². The number of likely N-dealkylation sites (tertiary alicyclic amines) is 1. The van der Waals surface area contributed by atoms with Crippen LogP contribution in [0.2, 0.25) is 0 Å². The highest BCUT2D eigenvalue weighted by molar-refractivity contribution is 9.12. The monoisotopic (exact) mass is 601 g/mol. The lowest BCUT2D eigenvalue weighted by Crippen LogP contribution is -2.45. The number of ether oxygens (including phenoxy) is 2. The molecule has 3 fully saturated rings. The summed E-state index contributed by atoms with van der Waals surface area (Å²) in [6.45, 7) is 0.627. The first-order valence-corrected chi connectivity index (χ1v) is 12.3. The summed E-state index contributed by atoms with van der Waals surface area (Å²) in [5.41, 5.74) is -0.487. The molecule has 34 heavy (non-hydrogen) atoms. The molecule has 0 unspecified atom stereocenters. The Balaban J connectivity index is 1.39. The number of rotatable bonds is 7. The van der Waals surface area contributed by atoms with Crippen LogP contribution in [0.5, 0.6) is 5.75 Å². The number of halogens is 2. The van der Waals surface area contributed by atoms with Crippen molar-refractivity contribution in [3.63, 3.8) is 0 Å². The van der Waals surface area contributed by atoms with Gasteiger partial charge in [-0.3, -0.25) is 29.4 Å². The molecule has 1 aromatic rings. The van der Waals surface area contributed by atoms with Gasteiger partial charge >= 0.3 is 5.97 Å². The van der Waals surface area contributed by atoms with Crippen LogP contribution in [0.3, 0.4) is 0 Å². The van der Waals surface area contributed by atoms with Crippen molar-refractivity contribution in [3.8, 4) is 5.75 Å². The second-order valence-electron chi connectivity index (χ2n) is 8.52. The number of benzene rings is 1. The second kappa shape index (κ2) is 9.25. The maximum absolute atomic E-state index is 13.0. The number of esters is 1. The highest BCUT2D eigenvalue weighted by Crippen LogP contribution is 2.60. The number of carbonyl (C=O) groups is 4. The number of alkyl halides is 2. The van der Waals surface area contributed by atoms with E-state index in [-0.39, 0.29) is 38.6 Å². The third kappa shape index (κ3) is 3.98. The highest BCUT2D eigenvalue weighted by Gasteiger charge is 2.67. The number of nitro groups is 1. The Morgan fingerprint density at radius 1 is 1.21 bits per heavy atom. The van der Waals surface area contributed by atoms with Gasteiger partial charge in [0.05, 0.1) is 23.9 Å². The number of fused-ring (bicyclic) bond motifs is 5. The Morgan fingerprint density at radius 2 is 1.79 bits per heavy atom. The largest absolute Gasteiger partial charge is 0.497 e. The van der Waals surface area contributed by atoms with E-state index in [9.17, 15) is 29.3 Å². The van der Waals surface area contributed by atoms with Crippen molar-refractivity contribution in [1.82, 2.24) is 4.90 Å². The zero-order valence-corrected chi connectivity index (χ0v) is 21.3. The van der Waals surface area contributed by atoms with E-state index in [1.165, 1.54) is 32.2 Å². The van der Waals surface area contributed by atoms with Crippen LogP contribution in [-0.2, 0) is 23.9 Å². The summed E-state index contributed by atoms with van der Waals surface area (Å²) >= 11 is 7.21. The summed E-state index contributed by atoms with van der Waals surface area (Å²) in [5, 5.41) is 13.5. The zero-order valence-electron chi connectivity index (χ0n) is 18.1. The summed E-state index contributed by atoms with van der Waals surface area (Å²) in [7, 11) is 1.37. The molecule has 2 saturated carbocycles. The van der Waals surface area contributed by atoms with E-state index in [4.69, 9.17) is 9.47 Å². The first-order valence-electron chi connectivity index (χ1n) is 10.5. The number of hydrogen-bond donors (Lipinski definition) is 1. The third-order valence-electron chi connectivity index (χ3n) is 6.77. The van der Waals surface area contributed by atoms with Crippen LogP contribution in [-0.4, -0.2) is 62.9 Å². The third-order valence-corrected chi connectivity index (χ3v) is 9.98. The van der Waals surface area contributed by atoms with Crippen LogP contribution >= 0.6 is 31.9 Å². The predicted octanol–water partition coefficient (Wildman–Crippen LogP) is 2.25. The lowest BCUT2D eigenvalue weighted by molar-refractivity contribution is -0.383. The van der Waals surface area contributed by atoms with Gasteiger partial charge in [0, 0.05) is 21.8 Å². The van der Waals surface area contributed by atoms with Crippen LogP contribution in [0.25, 0.3) is 0 Å². The van der Waals surface area contributed by atoms with Crippen molar-refractivity contribution in [2.45, 2.75) is 29.0 Å². The molecule has 0 spiro atoms.